The number of fused-ring (bicyclic) bond motifs is 1. The molecule has 0 spiro atoms. The van der Waals surface area contributed by atoms with Crippen LogP contribution in [0, 0.1) is 6.92 Å². The number of carbonyl (C=O) groups excluding carboxylic acids is 2. The van der Waals surface area contributed by atoms with Gasteiger partial charge in [-0.1, -0.05) is 24.3 Å². The number of rotatable bonds is 4. The number of anilines is 1. The normalized spacial score (nSPS) is 13.3. The van der Waals surface area contributed by atoms with Crippen molar-refractivity contribution in [2.75, 3.05) is 25.5 Å². The lowest BCUT2D eigenvalue weighted by Crippen LogP contribution is -2.38. The molecule has 7 heteroatoms. The highest BCUT2D eigenvalue weighted by molar-refractivity contribution is 7.10. The van der Waals surface area contributed by atoms with E-state index in [1.807, 2.05) is 18.2 Å². The van der Waals surface area contributed by atoms with Crippen molar-refractivity contribution in [1.29, 1.82) is 0 Å². The Balaban J connectivity index is 1.60. The van der Waals surface area contributed by atoms with Crippen LogP contribution in [0.1, 0.15) is 27.2 Å². The first-order chi connectivity index (χ1) is 11.6. The standard InChI is InChI=1S/C17H19N3O3S/c1-11-15(16(18-2)24-19-11)17(22)23-10-14(21)20-8-7-12-5-3-4-6-13(12)9-20/h3-6,18H,7-10H2,1-2H3. The van der Waals surface area contributed by atoms with Crippen LogP contribution in [0.5, 0.6) is 0 Å². The largest absolute Gasteiger partial charge is 0.452 e. The fraction of sp³-hybridized carbons (Fsp3) is 0.353. The monoisotopic (exact) mass is 345 g/mol. The molecule has 0 fully saturated rings. The molecule has 3 rings (SSSR count). The van der Waals surface area contributed by atoms with Gasteiger partial charge >= 0.3 is 5.97 Å². The van der Waals surface area contributed by atoms with Gasteiger partial charge in [0.1, 0.15) is 10.6 Å². The summed E-state index contributed by atoms with van der Waals surface area (Å²) in [4.78, 5) is 26.3. The van der Waals surface area contributed by atoms with Gasteiger partial charge in [0.15, 0.2) is 6.61 Å². The summed E-state index contributed by atoms with van der Waals surface area (Å²) in [5.41, 5.74) is 3.43. The van der Waals surface area contributed by atoms with Gasteiger partial charge in [0.05, 0.1) is 5.69 Å². The van der Waals surface area contributed by atoms with E-state index in [1.54, 1.807) is 18.9 Å². The lowest BCUT2D eigenvalue weighted by atomic mass is 10.00. The number of benzene rings is 1. The molecule has 1 aromatic carbocycles. The molecule has 1 aliphatic heterocycles. The first-order valence-electron chi connectivity index (χ1n) is 7.76. The highest BCUT2D eigenvalue weighted by Crippen LogP contribution is 2.24. The van der Waals surface area contributed by atoms with Gasteiger partial charge in [-0.2, -0.15) is 4.37 Å². The summed E-state index contributed by atoms with van der Waals surface area (Å²) in [6.45, 7) is 2.71. The summed E-state index contributed by atoms with van der Waals surface area (Å²) in [7, 11) is 1.72. The third kappa shape index (κ3) is 3.26. The number of nitrogens with one attached hydrogen (secondary N) is 1. The Morgan fingerprint density at radius 2 is 2.08 bits per heavy atom. The number of hydrogen-bond acceptors (Lipinski definition) is 6. The smallest absolute Gasteiger partial charge is 0.343 e. The van der Waals surface area contributed by atoms with E-state index in [-0.39, 0.29) is 12.5 Å². The minimum atomic E-state index is -0.517. The van der Waals surface area contributed by atoms with Crippen molar-refractivity contribution in [3.63, 3.8) is 0 Å². The van der Waals surface area contributed by atoms with E-state index >= 15 is 0 Å². The molecule has 2 aromatic rings. The van der Waals surface area contributed by atoms with Gasteiger partial charge < -0.3 is 15.0 Å². The highest BCUT2D eigenvalue weighted by atomic mass is 32.1. The summed E-state index contributed by atoms with van der Waals surface area (Å²) in [6, 6.07) is 8.09. The number of esters is 1. The molecular formula is C17H19N3O3S. The molecule has 1 amide bonds. The van der Waals surface area contributed by atoms with Gasteiger partial charge in [0.25, 0.3) is 5.91 Å². The van der Waals surface area contributed by atoms with Gasteiger partial charge in [-0.15, -0.1) is 0 Å². The molecule has 0 aliphatic carbocycles. The molecule has 6 nitrogen and oxygen atoms in total. The number of nitrogens with zero attached hydrogens (tertiary/aromatic N) is 2. The van der Waals surface area contributed by atoms with Crippen LogP contribution in [0.4, 0.5) is 5.00 Å². The van der Waals surface area contributed by atoms with Crippen LogP contribution in [0.15, 0.2) is 24.3 Å². The zero-order valence-electron chi connectivity index (χ0n) is 13.7. The lowest BCUT2D eigenvalue weighted by molar-refractivity contribution is -0.135. The molecule has 0 radical (unpaired) electrons. The summed E-state index contributed by atoms with van der Waals surface area (Å²) in [6.07, 6.45) is 0.827. The van der Waals surface area contributed by atoms with E-state index in [9.17, 15) is 9.59 Å². The molecule has 1 aromatic heterocycles. The fourth-order valence-electron chi connectivity index (χ4n) is 2.78. The van der Waals surface area contributed by atoms with Crippen molar-refractivity contribution in [3.05, 3.63) is 46.6 Å². The molecule has 1 N–H and O–H groups in total. The fourth-order valence-corrected chi connectivity index (χ4v) is 3.51. The number of aromatic nitrogens is 1. The van der Waals surface area contributed by atoms with Crippen LogP contribution in [-0.4, -0.2) is 41.3 Å². The van der Waals surface area contributed by atoms with Gasteiger partial charge in [-0.25, -0.2) is 4.79 Å². The Hall–Kier alpha value is -2.41. The number of hydrogen-bond donors (Lipinski definition) is 1. The Labute approximate surface area is 144 Å². The molecule has 2 heterocycles. The maximum absolute atomic E-state index is 12.3. The van der Waals surface area contributed by atoms with Crippen LogP contribution < -0.4 is 5.32 Å². The van der Waals surface area contributed by atoms with Crippen molar-refractivity contribution in [3.8, 4) is 0 Å². The second-order valence-corrected chi connectivity index (χ2v) is 6.41. The summed E-state index contributed by atoms with van der Waals surface area (Å²) >= 11 is 1.20. The van der Waals surface area contributed by atoms with Gasteiger partial charge in [0, 0.05) is 20.1 Å². The van der Waals surface area contributed by atoms with E-state index in [0.29, 0.717) is 29.3 Å². The summed E-state index contributed by atoms with van der Waals surface area (Å²) < 4.78 is 9.34. The Kier molecular flexibility index (Phi) is 4.80. The average Bonchev–Trinajstić information content (AvgIpc) is 2.99. The van der Waals surface area contributed by atoms with Gasteiger partial charge in [0.2, 0.25) is 0 Å². The van der Waals surface area contributed by atoms with Crippen LogP contribution in [0.25, 0.3) is 0 Å². The van der Waals surface area contributed by atoms with E-state index in [4.69, 9.17) is 4.74 Å². The number of aryl methyl sites for hydroxylation is 1. The quantitative estimate of drug-likeness (QED) is 0.861. The second-order valence-electron chi connectivity index (χ2n) is 5.63. The minimum Gasteiger partial charge on any atom is -0.452 e. The SMILES string of the molecule is CNc1snc(C)c1C(=O)OCC(=O)N1CCc2ccccc2C1. The molecule has 0 saturated heterocycles. The Bertz CT molecular complexity index is 772. The highest BCUT2D eigenvalue weighted by Gasteiger charge is 2.24. The molecular weight excluding hydrogens is 326 g/mol. The third-order valence-corrected chi connectivity index (χ3v) is 5.06. The first kappa shape index (κ1) is 16.4. The number of amides is 1. The predicted molar refractivity (Wildman–Crippen MR) is 92.2 cm³/mol. The van der Waals surface area contributed by atoms with E-state index < -0.39 is 5.97 Å². The van der Waals surface area contributed by atoms with Crippen LogP contribution in [0.3, 0.4) is 0 Å². The molecule has 24 heavy (non-hydrogen) atoms. The third-order valence-electron chi connectivity index (χ3n) is 4.10. The van der Waals surface area contributed by atoms with E-state index in [2.05, 4.69) is 15.8 Å². The van der Waals surface area contributed by atoms with Crippen molar-refractivity contribution in [1.82, 2.24) is 9.27 Å². The molecule has 0 unspecified atom stereocenters. The lowest BCUT2D eigenvalue weighted by Gasteiger charge is -2.28. The topological polar surface area (TPSA) is 71.5 Å². The molecule has 0 bridgehead atoms. The molecule has 0 atom stereocenters. The zero-order chi connectivity index (χ0) is 17.1. The second kappa shape index (κ2) is 7.00. The Morgan fingerprint density at radius 1 is 1.33 bits per heavy atom. The van der Waals surface area contributed by atoms with Crippen LogP contribution in [0.2, 0.25) is 0 Å². The van der Waals surface area contributed by atoms with Gasteiger partial charge in [-0.3, -0.25) is 4.79 Å². The summed E-state index contributed by atoms with van der Waals surface area (Å²) in [5.74, 6) is -0.693. The Morgan fingerprint density at radius 3 is 2.83 bits per heavy atom. The summed E-state index contributed by atoms with van der Waals surface area (Å²) in [5, 5.41) is 3.57. The number of ether oxygens (including phenoxy) is 1. The maximum Gasteiger partial charge on any atom is 0.343 e. The molecule has 1 aliphatic rings. The van der Waals surface area contributed by atoms with E-state index in [0.717, 1.165) is 12.0 Å². The van der Waals surface area contributed by atoms with E-state index in [1.165, 1.54) is 17.1 Å². The zero-order valence-corrected chi connectivity index (χ0v) is 14.5. The van der Waals surface area contributed by atoms with Crippen LogP contribution >= 0.6 is 11.5 Å². The maximum atomic E-state index is 12.3. The van der Waals surface area contributed by atoms with Crippen LogP contribution in [-0.2, 0) is 22.5 Å². The minimum absolute atomic E-state index is 0.176. The van der Waals surface area contributed by atoms with Gasteiger partial charge in [-0.05, 0) is 36.0 Å². The molecule has 126 valence electrons. The van der Waals surface area contributed by atoms with Crippen molar-refractivity contribution in [2.45, 2.75) is 19.9 Å². The van der Waals surface area contributed by atoms with Crippen molar-refractivity contribution >= 4 is 28.4 Å². The first-order valence-corrected chi connectivity index (χ1v) is 8.53. The van der Waals surface area contributed by atoms with Crippen molar-refractivity contribution in [2.24, 2.45) is 0 Å². The number of carbonyl (C=O) groups is 2. The average molecular weight is 345 g/mol. The molecule has 0 saturated carbocycles. The van der Waals surface area contributed by atoms with Crippen molar-refractivity contribution < 1.29 is 14.3 Å². The predicted octanol–water partition coefficient (Wildman–Crippen LogP) is 2.23.